The molecular formula is C18H12N4OS. The molecule has 0 unspecified atom stereocenters. The van der Waals surface area contributed by atoms with Crippen LogP contribution in [0.2, 0.25) is 0 Å². The van der Waals surface area contributed by atoms with E-state index in [0.717, 1.165) is 16.1 Å². The van der Waals surface area contributed by atoms with E-state index in [2.05, 4.69) is 15.1 Å². The van der Waals surface area contributed by atoms with Gasteiger partial charge in [-0.3, -0.25) is 9.78 Å². The summed E-state index contributed by atoms with van der Waals surface area (Å²) >= 11 is 1.39. The van der Waals surface area contributed by atoms with Gasteiger partial charge in [-0.25, -0.2) is 4.98 Å². The average molecular weight is 332 g/mol. The van der Waals surface area contributed by atoms with Crippen LogP contribution in [0.25, 0.3) is 27.7 Å². The summed E-state index contributed by atoms with van der Waals surface area (Å²) in [6, 6.07) is 15.0. The summed E-state index contributed by atoms with van der Waals surface area (Å²) in [5.74, 6) is 0. The van der Waals surface area contributed by atoms with Crippen molar-refractivity contribution < 1.29 is 0 Å². The molecule has 0 saturated carbocycles. The van der Waals surface area contributed by atoms with Crippen molar-refractivity contribution in [2.75, 3.05) is 0 Å². The van der Waals surface area contributed by atoms with Crippen LogP contribution in [-0.2, 0) is 0 Å². The molecule has 0 aliphatic carbocycles. The zero-order valence-corrected chi connectivity index (χ0v) is 13.4. The fourth-order valence-corrected chi connectivity index (χ4v) is 3.18. The molecule has 0 saturated heterocycles. The first-order chi connectivity index (χ1) is 11.8. The van der Waals surface area contributed by atoms with Gasteiger partial charge in [0.25, 0.3) is 5.56 Å². The largest absolute Gasteiger partial charge is 0.275 e. The second-order valence-electron chi connectivity index (χ2n) is 5.11. The lowest BCUT2D eigenvalue weighted by Gasteiger charge is -1.94. The maximum atomic E-state index is 12.3. The zero-order chi connectivity index (χ0) is 16.4. The van der Waals surface area contributed by atoms with E-state index in [9.17, 15) is 4.79 Å². The summed E-state index contributed by atoms with van der Waals surface area (Å²) < 4.78 is 1.34. The highest BCUT2D eigenvalue weighted by Gasteiger charge is 2.09. The number of hydrogen-bond donors (Lipinski definition) is 0. The van der Waals surface area contributed by atoms with Crippen LogP contribution < -0.4 is 5.56 Å². The van der Waals surface area contributed by atoms with Crippen molar-refractivity contribution in [2.45, 2.75) is 0 Å². The Labute approximate surface area is 141 Å². The van der Waals surface area contributed by atoms with Gasteiger partial charge in [0.05, 0.1) is 5.69 Å². The second kappa shape index (κ2) is 6.17. The SMILES string of the molecule is O=c1cc(/C=C/c2cccnc2)nc2sc(-c3ccccc3)nn12. The molecule has 0 amide bonds. The van der Waals surface area contributed by atoms with Gasteiger partial charge in [-0.15, -0.1) is 0 Å². The summed E-state index contributed by atoms with van der Waals surface area (Å²) in [5, 5.41) is 5.14. The Balaban J connectivity index is 1.75. The van der Waals surface area contributed by atoms with Gasteiger partial charge < -0.3 is 0 Å². The first-order valence-corrected chi connectivity index (χ1v) is 8.16. The standard InChI is InChI=1S/C18H12N4OS/c23-16-11-15(9-8-13-5-4-10-19-12-13)20-18-22(16)21-17(24-18)14-6-2-1-3-7-14/h1-12H/b9-8+. The average Bonchev–Trinajstić information content (AvgIpc) is 3.06. The van der Waals surface area contributed by atoms with Crippen molar-refractivity contribution in [2.24, 2.45) is 0 Å². The lowest BCUT2D eigenvalue weighted by atomic mass is 10.2. The van der Waals surface area contributed by atoms with E-state index in [1.54, 1.807) is 18.5 Å². The molecule has 0 aliphatic heterocycles. The maximum absolute atomic E-state index is 12.3. The van der Waals surface area contributed by atoms with Crippen molar-refractivity contribution in [3.63, 3.8) is 0 Å². The Hall–Kier alpha value is -3.12. The van der Waals surface area contributed by atoms with Crippen LogP contribution in [0.3, 0.4) is 0 Å². The van der Waals surface area contributed by atoms with Crippen LogP contribution in [0.5, 0.6) is 0 Å². The number of nitrogens with zero attached hydrogens (tertiary/aromatic N) is 4. The van der Waals surface area contributed by atoms with Crippen LogP contribution in [-0.4, -0.2) is 19.6 Å². The monoisotopic (exact) mass is 332 g/mol. The van der Waals surface area contributed by atoms with Crippen LogP contribution >= 0.6 is 11.3 Å². The summed E-state index contributed by atoms with van der Waals surface area (Å²) in [4.78, 5) is 21.4. The Bertz CT molecular complexity index is 1070. The minimum Gasteiger partial charge on any atom is -0.267 e. The first-order valence-electron chi connectivity index (χ1n) is 7.34. The van der Waals surface area contributed by atoms with E-state index in [1.165, 1.54) is 21.9 Å². The van der Waals surface area contributed by atoms with Gasteiger partial charge in [0.2, 0.25) is 4.96 Å². The summed E-state index contributed by atoms with van der Waals surface area (Å²) in [6.45, 7) is 0. The molecule has 0 spiro atoms. The molecule has 0 aliphatic rings. The van der Waals surface area contributed by atoms with Crippen LogP contribution in [0.4, 0.5) is 0 Å². The van der Waals surface area contributed by atoms with E-state index in [4.69, 9.17) is 0 Å². The number of fused-ring (bicyclic) bond motifs is 1. The Kier molecular flexibility index (Phi) is 3.72. The van der Waals surface area contributed by atoms with Crippen molar-refractivity contribution in [3.05, 3.63) is 82.5 Å². The molecule has 0 radical (unpaired) electrons. The minimum atomic E-state index is -0.190. The molecule has 0 bridgehead atoms. The predicted molar refractivity (Wildman–Crippen MR) is 95.7 cm³/mol. The molecule has 5 nitrogen and oxygen atoms in total. The van der Waals surface area contributed by atoms with Crippen molar-refractivity contribution in [1.29, 1.82) is 0 Å². The van der Waals surface area contributed by atoms with Crippen molar-refractivity contribution in [3.8, 4) is 10.6 Å². The topological polar surface area (TPSA) is 60.2 Å². The number of rotatable bonds is 3. The molecule has 6 heteroatoms. The van der Waals surface area contributed by atoms with Crippen LogP contribution in [0, 0.1) is 0 Å². The molecule has 1 aromatic carbocycles. The van der Waals surface area contributed by atoms with E-state index in [0.29, 0.717) is 10.7 Å². The number of benzene rings is 1. The van der Waals surface area contributed by atoms with Gasteiger partial charge in [0.15, 0.2) is 0 Å². The van der Waals surface area contributed by atoms with Gasteiger partial charge >= 0.3 is 0 Å². The second-order valence-corrected chi connectivity index (χ2v) is 6.06. The molecule has 4 rings (SSSR count). The third-order valence-corrected chi connectivity index (χ3v) is 4.37. The Morgan fingerprint density at radius 1 is 1.04 bits per heavy atom. The Morgan fingerprint density at radius 3 is 2.71 bits per heavy atom. The zero-order valence-electron chi connectivity index (χ0n) is 12.5. The fourth-order valence-electron chi connectivity index (χ4n) is 2.27. The predicted octanol–water partition coefficient (Wildman–Crippen LogP) is 3.38. The smallest absolute Gasteiger partial charge is 0.267 e. The summed E-state index contributed by atoms with van der Waals surface area (Å²) in [6.07, 6.45) is 7.16. The number of hydrogen-bond acceptors (Lipinski definition) is 5. The molecule has 0 N–H and O–H groups in total. The fraction of sp³-hybridized carbons (Fsp3) is 0. The van der Waals surface area contributed by atoms with Gasteiger partial charge in [-0.05, 0) is 17.7 Å². The van der Waals surface area contributed by atoms with Gasteiger partial charge in [-0.2, -0.15) is 9.61 Å². The third kappa shape index (κ3) is 2.87. The number of aromatic nitrogens is 4. The molecular weight excluding hydrogens is 320 g/mol. The molecule has 116 valence electrons. The lowest BCUT2D eigenvalue weighted by molar-refractivity contribution is 0.901. The van der Waals surface area contributed by atoms with Crippen LogP contribution in [0.15, 0.2) is 65.7 Å². The van der Waals surface area contributed by atoms with Crippen LogP contribution in [0.1, 0.15) is 11.3 Å². The van der Waals surface area contributed by atoms with Gasteiger partial charge in [0.1, 0.15) is 5.01 Å². The molecule has 0 fully saturated rings. The molecule has 3 heterocycles. The maximum Gasteiger partial charge on any atom is 0.275 e. The van der Waals surface area contributed by atoms with Crippen molar-refractivity contribution >= 4 is 28.4 Å². The third-order valence-electron chi connectivity index (χ3n) is 3.42. The summed E-state index contributed by atoms with van der Waals surface area (Å²) in [5.41, 5.74) is 2.34. The highest BCUT2D eigenvalue weighted by Crippen LogP contribution is 2.23. The number of pyridine rings is 1. The highest BCUT2D eigenvalue weighted by atomic mass is 32.1. The normalized spacial score (nSPS) is 11.3. The molecule has 4 aromatic rings. The first kappa shape index (κ1) is 14.5. The Morgan fingerprint density at radius 2 is 1.92 bits per heavy atom. The van der Waals surface area contributed by atoms with E-state index in [1.807, 2.05) is 48.5 Å². The molecule has 0 atom stereocenters. The van der Waals surface area contributed by atoms with E-state index < -0.39 is 0 Å². The molecule has 3 aromatic heterocycles. The minimum absolute atomic E-state index is 0.190. The highest BCUT2D eigenvalue weighted by molar-refractivity contribution is 7.19. The van der Waals surface area contributed by atoms with E-state index >= 15 is 0 Å². The summed E-state index contributed by atoms with van der Waals surface area (Å²) in [7, 11) is 0. The lowest BCUT2D eigenvalue weighted by Crippen LogP contribution is -2.14. The van der Waals surface area contributed by atoms with Gasteiger partial charge in [-0.1, -0.05) is 53.8 Å². The molecule has 24 heavy (non-hydrogen) atoms. The van der Waals surface area contributed by atoms with Crippen molar-refractivity contribution in [1.82, 2.24) is 19.6 Å². The van der Waals surface area contributed by atoms with Gasteiger partial charge in [0, 0.05) is 24.0 Å². The van der Waals surface area contributed by atoms with E-state index in [-0.39, 0.29) is 5.56 Å². The quantitative estimate of drug-likeness (QED) is 0.577.